The highest BCUT2D eigenvalue weighted by molar-refractivity contribution is 9.10. The molecule has 1 unspecified atom stereocenters. The Balaban J connectivity index is 2.05. The molecule has 7 heteroatoms. The summed E-state index contributed by atoms with van der Waals surface area (Å²) < 4.78 is 3.28. The summed E-state index contributed by atoms with van der Waals surface area (Å²) in [5.41, 5.74) is 0. The molecule has 0 aliphatic carbocycles. The summed E-state index contributed by atoms with van der Waals surface area (Å²) in [4.78, 5) is 16.0. The van der Waals surface area contributed by atoms with E-state index in [9.17, 15) is 4.79 Å². The lowest BCUT2D eigenvalue weighted by molar-refractivity contribution is -0.119. The summed E-state index contributed by atoms with van der Waals surface area (Å²) >= 11 is 6.58. The number of halogens is 2. The van der Waals surface area contributed by atoms with Gasteiger partial charge in [0, 0.05) is 16.9 Å². The van der Waals surface area contributed by atoms with Crippen LogP contribution in [-0.4, -0.2) is 20.7 Å². The van der Waals surface area contributed by atoms with Crippen LogP contribution in [0.2, 0.25) is 0 Å². The lowest BCUT2D eigenvalue weighted by Crippen LogP contribution is -2.24. The van der Waals surface area contributed by atoms with Crippen LogP contribution in [0.4, 0.5) is 5.82 Å². The van der Waals surface area contributed by atoms with Crippen molar-refractivity contribution in [2.45, 2.75) is 13.0 Å². The molecular formula is C11H10Br2N4O. The maximum Gasteiger partial charge on any atom is 0.250 e. The Morgan fingerprint density at radius 1 is 1.33 bits per heavy atom. The minimum atomic E-state index is -0.401. The summed E-state index contributed by atoms with van der Waals surface area (Å²) in [5, 5.41) is 6.80. The minimum Gasteiger partial charge on any atom is -0.309 e. The fourth-order valence-electron chi connectivity index (χ4n) is 1.33. The largest absolute Gasteiger partial charge is 0.309 e. The molecule has 0 saturated heterocycles. The van der Waals surface area contributed by atoms with Crippen molar-refractivity contribution in [1.29, 1.82) is 0 Å². The molecule has 2 rings (SSSR count). The van der Waals surface area contributed by atoms with Gasteiger partial charge in [0.25, 0.3) is 0 Å². The number of rotatable bonds is 3. The Morgan fingerprint density at radius 2 is 2.11 bits per heavy atom. The number of nitrogens with one attached hydrogen (secondary N) is 1. The zero-order valence-corrected chi connectivity index (χ0v) is 12.6. The van der Waals surface area contributed by atoms with Crippen molar-refractivity contribution >= 4 is 43.6 Å². The van der Waals surface area contributed by atoms with E-state index in [1.54, 1.807) is 36.3 Å². The standard InChI is InChI=1S/C11H10Br2N4O/c1-7(17-6-9(13)5-15-17)11(18)16-10-3-2-8(12)4-14-10/h2-7H,1H3,(H,14,16,18). The zero-order chi connectivity index (χ0) is 13.1. The molecule has 1 amide bonds. The van der Waals surface area contributed by atoms with Crippen LogP contribution in [-0.2, 0) is 4.79 Å². The number of aromatic nitrogens is 3. The minimum absolute atomic E-state index is 0.166. The quantitative estimate of drug-likeness (QED) is 0.899. The van der Waals surface area contributed by atoms with Crippen LogP contribution in [0, 0.1) is 0 Å². The molecule has 0 aliphatic rings. The first kappa shape index (κ1) is 13.2. The third-order valence-electron chi connectivity index (χ3n) is 2.32. The van der Waals surface area contributed by atoms with Gasteiger partial charge in [-0.3, -0.25) is 9.48 Å². The maximum atomic E-state index is 12.0. The number of hydrogen-bond acceptors (Lipinski definition) is 3. The van der Waals surface area contributed by atoms with Gasteiger partial charge in [-0.15, -0.1) is 0 Å². The highest BCUT2D eigenvalue weighted by Gasteiger charge is 2.16. The molecule has 1 atom stereocenters. The number of nitrogens with zero attached hydrogens (tertiary/aromatic N) is 3. The van der Waals surface area contributed by atoms with Gasteiger partial charge in [-0.05, 0) is 50.9 Å². The van der Waals surface area contributed by atoms with E-state index in [2.05, 4.69) is 47.3 Å². The van der Waals surface area contributed by atoms with Gasteiger partial charge in [0.15, 0.2) is 0 Å². The van der Waals surface area contributed by atoms with Crippen LogP contribution in [0.15, 0.2) is 39.7 Å². The van der Waals surface area contributed by atoms with Gasteiger partial charge in [-0.2, -0.15) is 5.10 Å². The molecule has 0 radical (unpaired) electrons. The van der Waals surface area contributed by atoms with Crippen molar-refractivity contribution in [2.75, 3.05) is 5.32 Å². The molecule has 2 aromatic rings. The normalized spacial score (nSPS) is 12.2. The average molecular weight is 374 g/mol. The van der Waals surface area contributed by atoms with Crippen molar-refractivity contribution in [1.82, 2.24) is 14.8 Å². The Labute approximate surface area is 121 Å². The number of hydrogen-bond donors (Lipinski definition) is 1. The average Bonchev–Trinajstić information content (AvgIpc) is 2.78. The molecule has 0 aliphatic heterocycles. The third-order valence-corrected chi connectivity index (χ3v) is 3.20. The first-order valence-corrected chi connectivity index (χ1v) is 6.77. The van der Waals surface area contributed by atoms with Crippen LogP contribution in [0.25, 0.3) is 0 Å². The molecular weight excluding hydrogens is 364 g/mol. The Hall–Kier alpha value is -1.21. The molecule has 0 saturated carbocycles. The van der Waals surface area contributed by atoms with Gasteiger partial charge >= 0.3 is 0 Å². The van der Waals surface area contributed by atoms with Crippen LogP contribution in [0.3, 0.4) is 0 Å². The lowest BCUT2D eigenvalue weighted by Gasteiger charge is -2.11. The van der Waals surface area contributed by atoms with E-state index >= 15 is 0 Å². The first-order chi connectivity index (χ1) is 8.56. The number of anilines is 1. The zero-order valence-electron chi connectivity index (χ0n) is 9.47. The Kier molecular flexibility index (Phi) is 4.13. The second-order valence-electron chi connectivity index (χ2n) is 3.67. The van der Waals surface area contributed by atoms with E-state index in [0.29, 0.717) is 5.82 Å². The Morgan fingerprint density at radius 3 is 2.67 bits per heavy atom. The smallest absolute Gasteiger partial charge is 0.250 e. The molecule has 5 nitrogen and oxygen atoms in total. The molecule has 0 bridgehead atoms. The van der Waals surface area contributed by atoms with Gasteiger partial charge in [-0.25, -0.2) is 4.98 Å². The second kappa shape index (κ2) is 5.62. The van der Waals surface area contributed by atoms with Crippen LogP contribution in [0.5, 0.6) is 0 Å². The highest BCUT2D eigenvalue weighted by atomic mass is 79.9. The van der Waals surface area contributed by atoms with Crippen LogP contribution in [0.1, 0.15) is 13.0 Å². The van der Waals surface area contributed by atoms with Crippen molar-refractivity contribution in [3.8, 4) is 0 Å². The fraction of sp³-hybridized carbons (Fsp3) is 0.182. The summed E-state index contributed by atoms with van der Waals surface area (Å²) in [6.07, 6.45) is 5.02. The van der Waals surface area contributed by atoms with Crippen LogP contribution < -0.4 is 5.32 Å². The third kappa shape index (κ3) is 3.17. The fourth-order valence-corrected chi connectivity index (χ4v) is 1.86. The molecule has 2 aromatic heterocycles. The molecule has 0 aromatic carbocycles. The monoisotopic (exact) mass is 372 g/mol. The Bertz CT molecular complexity index is 552. The predicted molar refractivity (Wildman–Crippen MR) is 75.2 cm³/mol. The van der Waals surface area contributed by atoms with Crippen molar-refractivity contribution in [3.63, 3.8) is 0 Å². The summed E-state index contributed by atoms with van der Waals surface area (Å²) in [6, 6.07) is 3.15. The van der Waals surface area contributed by atoms with E-state index in [1.165, 1.54) is 0 Å². The number of carbonyl (C=O) groups excluding carboxylic acids is 1. The summed E-state index contributed by atoms with van der Waals surface area (Å²) in [6.45, 7) is 1.77. The van der Waals surface area contributed by atoms with E-state index in [0.717, 1.165) is 8.95 Å². The maximum absolute atomic E-state index is 12.0. The second-order valence-corrected chi connectivity index (χ2v) is 5.50. The topological polar surface area (TPSA) is 59.8 Å². The number of carbonyl (C=O) groups is 1. The van der Waals surface area contributed by atoms with Gasteiger partial charge in [0.1, 0.15) is 11.9 Å². The van der Waals surface area contributed by atoms with Gasteiger partial charge < -0.3 is 5.32 Å². The lowest BCUT2D eigenvalue weighted by atomic mass is 10.3. The number of amides is 1. The van der Waals surface area contributed by atoms with Crippen LogP contribution >= 0.6 is 31.9 Å². The van der Waals surface area contributed by atoms with Gasteiger partial charge in [-0.1, -0.05) is 0 Å². The summed E-state index contributed by atoms with van der Waals surface area (Å²) in [7, 11) is 0. The molecule has 1 N–H and O–H groups in total. The van der Waals surface area contributed by atoms with E-state index in [1.807, 2.05) is 6.07 Å². The van der Waals surface area contributed by atoms with E-state index < -0.39 is 6.04 Å². The van der Waals surface area contributed by atoms with Crippen molar-refractivity contribution in [3.05, 3.63) is 39.7 Å². The van der Waals surface area contributed by atoms with Gasteiger partial charge in [0.05, 0.1) is 10.7 Å². The molecule has 18 heavy (non-hydrogen) atoms. The number of pyridine rings is 1. The molecule has 0 fully saturated rings. The first-order valence-electron chi connectivity index (χ1n) is 5.18. The van der Waals surface area contributed by atoms with E-state index in [4.69, 9.17) is 0 Å². The van der Waals surface area contributed by atoms with Gasteiger partial charge in [0.2, 0.25) is 5.91 Å². The molecule has 94 valence electrons. The highest BCUT2D eigenvalue weighted by Crippen LogP contribution is 2.14. The SMILES string of the molecule is CC(C(=O)Nc1ccc(Br)cn1)n1cc(Br)cn1. The van der Waals surface area contributed by atoms with E-state index in [-0.39, 0.29) is 5.91 Å². The van der Waals surface area contributed by atoms with Crippen molar-refractivity contribution < 1.29 is 4.79 Å². The molecule has 2 heterocycles. The van der Waals surface area contributed by atoms with Crippen molar-refractivity contribution in [2.24, 2.45) is 0 Å². The molecule has 0 spiro atoms. The summed E-state index contributed by atoms with van der Waals surface area (Å²) in [5.74, 6) is 0.349. The predicted octanol–water partition coefficient (Wildman–Crippen LogP) is 3.00.